The number of fused-ring (bicyclic) bond motifs is 1. The van der Waals surface area contributed by atoms with Gasteiger partial charge in [-0.15, -0.1) is 0 Å². The largest absolute Gasteiger partial charge is 0.475 e. The molecule has 4 amide bonds. The quantitative estimate of drug-likeness (QED) is 0.279. The Bertz CT molecular complexity index is 1250. The maximum Gasteiger partial charge on any atom is 0.475 e. The Morgan fingerprint density at radius 1 is 0.957 bits per heavy atom. The van der Waals surface area contributed by atoms with Crippen LogP contribution in [0.25, 0.3) is 0 Å². The van der Waals surface area contributed by atoms with Crippen LogP contribution in [0.4, 0.5) is 9.59 Å². The van der Waals surface area contributed by atoms with Crippen molar-refractivity contribution in [2.75, 3.05) is 13.2 Å². The van der Waals surface area contributed by atoms with Crippen LogP contribution in [0.2, 0.25) is 0 Å². The summed E-state index contributed by atoms with van der Waals surface area (Å²) in [5.74, 6) is -1.72. The second kappa shape index (κ2) is 15.3. The molecule has 2 aliphatic heterocycles. The summed E-state index contributed by atoms with van der Waals surface area (Å²) in [7, 11) is -1.76. The van der Waals surface area contributed by atoms with E-state index in [-0.39, 0.29) is 30.9 Å². The van der Waals surface area contributed by atoms with Gasteiger partial charge in [0.1, 0.15) is 18.2 Å². The summed E-state index contributed by atoms with van der Waals surface area (Å²) < 4.78 is 11.4. The number of likely N-dealkylation sites (tertiary alicyclic amines) is 1. The third kappa shape index (κ3) is 9.19. The van der Waals surface area contributed by atoms with Crippen LogP contribution in [0.15, 0.2) is 24.3 Å². The first-order valence-electron chi connectivity index (χ1n) is 17.3. The van der Waals surface area contributed by atoms with E-state index in [0.717, 1.165) is 62.5 Å². The zero-order valence-corrected chi connectivity index (χ0v) is 28.0. The third-order valence-corrected chi connectivity index (χ3v) is 10.0. The fourth-order valence-electron chi connectivity index (χ4n) is 7.15. The summed E-state index contributed by atoms with van der Waals surface area (Å²) in [5.41, 5.74) is 1.83. The van der Waals surface area contributed by atoms with Crippen LogP contribution in [-0.4, -0.2) is 88.2 Å². The second-order valence-corrected chi connectivity index (χ2v) is 15.1. The van der Waals surface area contributed by atoms with Crippen molar-refractivity contribution in [3.8, 4) is 0 Å². The van der Waals surface area contributed by atoms with Crippen LogP contribution in [0.5, 0.6) is 0 Å². The lowest BCUT2D eigenvalue weighted by molar-refractivity contribution is -0.141. The van der Waals surface area contributed by atoms with Gasteiger partial charge in [-0.25, -0.2) is 9.59 Å². The normalized spacial score (nSPS) is 22.9. The van der Waals surface area contributed by atoms with Gasteiger partial charge in [0.05, 0.1) is 19.1 Å². The molecule has 4 atom stereocenters. The van der Waals surface area contributed by atoms with Crippen molar-refractivity contribution in [1.82, 2.24) is 20.4 Å². The van der Waals surface area contributed by atoms with Crippen molar-refractivity contribution in [3.63, 3.8) is 0 Å². The molecule has 0 radical (unpaired) electrons. The molecule has 0 aromatic heterocycles. The molecule has 47 heavy (non-hydrogen) atoms. The van der Waals surface area contributed by atoms with Crippen molar-refractivity contribution in [3.05, 3.63) is 35.4 Å². The number of benzene rings is 1. The number of rotatable bonds is 10. The Hall–Kier alpha value is -3.32. The summed E-state index contributed by atoms with van der Waals surface area (Å²) in [5, 5.41) is 25.8. The average molecular weight is 655 g/mol. The van der Waals surface area contributed by atoms with Crippen LogP contribution in [0.3, 0.4) is 0 Å². The van der Waals surface area contributed by atoms with Crippen LogP contribution < -0.4 is 10.6 Å². The van der Waals surface area contributed by atoms with Crippen LogP contribution in [0, 0.1) is 17.3 Å². The van der Waals surface area contributed by atoms with Crippen molar-refractivity contribution in [2.45, 2.75) is 122 Å². The summed E-state index contributed by atoms with van der Waals surface area (Å²) in [6, 6.07) is 5.84. The SMILES string of the molecule is CC(C)(C)COC(=O)NC(C(=O)N1CC(OC(=O)N2Cc3ccccc3C2)CC1C(=O)NC(CC1CCC1)B(O)O)C1CCCCC1. The van der Waals surface area contributed by atoms with Gasteiger partial charge in [0.2, 0.25) is 11.8 Å². The number of carbonyl (C=O) groups is 4. The lowest BCUT2D eigenvalue weighted by Crippen LogP contribution is -2.58. The summed E-state index contributed by atoms with van der Waals surface area (Å²) in [6.07, 6.45) is 5.86. The standard InChI is InChI=1S/C34H51BN4O8/c1-34(2,3)21-46-32(42)37-29(23-12-5-4-6-13-23)31(41)39-20-26(47-33(43)38-18-24-14-7-8-15-25(24)19-38)17-27(39)30(40)36-28(35(44)45)16-22-10-9-11-22/h7-8,14-15,22-23,26-29,44-45H,4-6,9-13,16-21H2,1-3H3,(H,36,40)(H,37,42). The summed E-state index contributed by atoms with van der Waals surface area (Å²) in [6.45, 7) is 6.81. The number of hydrogen-bond donors (Lipinski definition) is 4. The lowest BCUT2D eigenvalue weighted by atomic mass is 9.69. The van der Waals surface area contributed by atoms with E-state index in [9.17, 15) is 29.2 Å². The van der Waals surface area contributed by atoms with Crippen LogP contribution in [0.1, 0.15) is 96.1 Å². The van der Waals surface area contributed by atoms with Gasteiger partial charge in [-0.05, 0) is 47.6 Å². The van der Waals surface area contributed by atoms with Gasteiger partial charge in [-0.1, -0.05) is 83.6 Å². The molecule has 1 saturated heterocycles. The Kier molecular flexibility index (Phi) is 11.4. The zero-order valence-electron chi connectivity index (χ0n) is 28.0. The van der Waals surface area contributed by atoms with Gasteiger partial charge in [-0.2, -0.15) is 0 Å². The number of nitrogens with one attached hydrogen (secondary N) is 2. The third-order valence-electron chi connectivity index (χ3n) is 10.0. The first-order valence-corrected chi connectivity index (χ1v) is 17.3. The molecule has 2 saturated carbocycles. The molecule has 1 aromatic rings. The fourth-order valence-corrected chi connectivity index (χ4v) is 7.15. The number of alkyl carbamates (subject to hydrolysis) is 1. The number of hydrogen-bond acceptors (Lipinski definition) is 8. The highest BCUT2D eigenvalue weighted by molar-refractivity contribution is 6.43. The molecule has 5 rings (SSSR count). The zero-order chi connectivity index (χ0) is 33.7. The lowest BCUT2D eigenvalue weighted by Gasteiger charge is -2.35. The van der Waals surface area contributed by atoms with E-state index in [0.29, 0.717) is 25.4 Å². The van der Waals surface area contributed by atoms with E-state index in [1.165, 1.54) is 4.90 Å². The fraction of sp³-hybridized carbons (Fsp3) is 0.706. The molecule has 0 bridgehead atoms. The van der Waals surface area contributed by atoms with Gasteiger partial charge < -0.3 is 35.1 Å². The first-order chi connectivity index (χ1) is 22.4. The van der Waals surface area contributed by atoms with Crippen molar-refractivity contribution in [1.29, 1.82) is 0 Å². The molecule has 12 nitrogen and oxygen atoms in total. The summed E-state index contributed by atoms with van der Waals surface area (Å²) in [4.78, 5) is 57.5. The molecule has 2 aliphatic carbocycles. The second-order valence-electron chi connectivity index (χ2n) is 15.1. The monoisotopic (exact) mass is 654 g/mol. The smallest absolute Gasteiger partial charge is 0.449 e. The van der Waals surface area contributed by atoms with Crippen LogP contribution in [-0.2, 0) is 32.2 Å². The minimum Gasteiger partial charge on any atom is -0.449 e. The van der Waals surface area contributed by atoms with E-state index in [4.69, 9.17) is 9.47 Å². The topological polar surface area (TPSA) is 158 Å². The molecule has 0 spiro atoms. The predicted octanol–water partition coefficient (Wildman–Crippen LogP) is 3.52. The molecular weight excluding hydrogens is 603 g/mol. The van der Waals surface area contributed by atoms with E-state index >= 15 is 0 Å². The molecule has 4 N–H and O–H groups in total. The maximum atomic E-state index is 14.4. The van der Waals surface area contributed by atoms with Crippen molar-refractivity contribution >= 4 is 31.1 Å². The maximum absolute atomic E-state index is 14.4. The van der Waals surface area contributed by atoms with Gasteiger partial charge in [-0.3, -0.25) is 14.5 Å². The number of ether oxygens (including phenoxy) is 2. The predicted molar refractivity (Wildman–Crippen MR) is 174 cm³/mol. The highest BCUT2D eigenvalue weighted by Crippen LogP contribution is 2.33. The Balaban J connectivity index is 1.33. The van der Waals surface area contributed by atoms with E-state index in [1.807, 2.05) is 45.0 Å². The number of nitrogens with zero attached hydrogens (tertiary/aromatic N) is 2. The minimum atomic E-state index is -1.76. The highest BCUT2D eigenvalue weighted by atomic mass is 16.6. The van der Waals surface area contributed by atoms with Gasteiger partial charge in [0.15, 0.2) is 0 Å². The Labute approximate surface area is 278 Å². The van der Waals surface area contributed by atoms with Crippen molar-refractivity contribution in [2.24, 2.45) is 17.3 Å². The number of carbonyl (C=O) groups excluding carboxylic acids is 4. The molecule has 1 aromatic carbocycles. The van der Waals surface area contributed by atoms with Gasteiger partial charge in [0, 0.05) is 19.5 Å². The minimum absolute atomic E-state index is 0.0274. The average Bonchev–Trinajstić information content (AvgIpc) is 3.64. The number of amides is 4. The molecule has 258 valence electrons. The summed E-state index contributed by atoms with van der Waals surface area (Å²) >= 11 is 0. The molecule has 13 heteroatoms. The van der Waals surface area contributed by atoms with E-state index < -0.39 is 55.2 Å². The van der Waals surface area contributed by atoms with Crippen molar-refractivity contribution < 1.29 is 38.7 Å². The molecular formula is C34H51BN4O8. The van der Waals surface area contributed by atoms with Gasteiger partial charge in [0.25, 0.3) is 0 Å². The molecule has 4 unspecified atom stereocenters. The highest BCUT2D eigenvalue weighted by Gasteiger charge is 2.47. The Morgan fingerprint density at radius 2 is 1.62 bits per heavy atom. The van der Waals surface area contributed by atoms with E-state index in [1.54, 1.807) is 4.90 Å². The Morgan fingerprint density at radius 3 is 2.19 bits per heavy atom. The molecule has 3 fully saturated rings. The van der Waals surface area contributed by atoms with Crippen LogP contribution >= 0.6 is 0 Å². The van der Waals surface area contributed by atoms with E-state index in [2.05, 4.69) is 10.6 Å². The molecule has 4 aliphatic rings. The first kappa shape index (κ1) is 35.0. The van der Waals surface area contributed by atoms with Gasteiger partial charge >= 0.3 is 19.3 Å². The molecule has 2 heterocycles.